The van der Waals surface area contributed by atoms with Crippen molar-refractivity contribution in [2.24, 2.45) is 0 Å². The summed E-state index contributed by atoms with van der Waals surface area (Å²) in [4.78, 5) is 37.8. The van der Waals surface area contributed by atoms with Crippen molar-refractivity contribution in [3.05, 3.63) is 16.0 Å². The fraction of sp³-hybridized carbons (Fsp3) is 0.600. The van der Waals surface area contributed by atoms with E-state index in [0.717, 1.165) is 36.1 Å². The standard InChI is InChI=1S/C20H27N3O4S2/c1-4-16(27-20(26)15(9-10-28-3)22-12(2)24)18(25)23-19-14(11-21)13-7-5-6-8-17(13)29-19/h15-16H,4-10H2,1-3H3,(H,22,24)(H,23,25)/t15-,16-/m0/s1. The second-order valence-corrected chi connectivity index (χ2v) is 8.98. The molecule has 2 rings (SSSR count). The maximum Gasteiger partial charge on any atom is 0.329 e. The Morgan fingerprint density at radius 1 is 1.31 bits per heavy atom. The zero-order valence-corrected chi connectivity index (χ0v) is 18.6. The van der Waals surface area contributed by atoms with Gasteiger partial charge in [-0.15, -0.1) is 11.3 Å². The molecule has 1 heterocycles. The van der Waals surface area contributed by atoms with Gasteiger partial charge in [-0.05, 0) is 56.1 Å². The number of thioether (sulfide) groups is 1. The van der Waals surface area contributed by atoms with Crippen LogP contribution in [0.25, 0.3) is 0 Å². The molecule has 1 aromatic heterocycles. The van der Waals surface area contributed by atoms with Gasteiger partial charge in [0.2, 0.25) is 5.91 Å². The summed E-state index contributed by atoms with van der Waals surface area (Å²) in [6.07, 6.45) is 5.54. The topological polar surface area (TPSA) is 108 Å². The predicted octanol–water partition coefficient (Wildman–Crippen LogP) is 3.02. The van der Waals surface area contributed by atoms with Gasteiger partial charge in [-0.25, -0.2) is 4.79 Å². The molecule has 29 heavy (non-hydrogen) atoms. The second kappa shape index (κ2) is 11.2. The van der Waals surface area contributed by atoms with Crippen molar-refractivity contribution in [2.75, 3.05) is 17.3 Å². The number of hydrogen-bond donors (Lipinski definition) is 2. The van der Waals surface area contributed by atoms with Gasteiger partial charge in [-0.3, -0.25) is 9.59 Å². The molecule has 7 nitrogen and oxygen atoms in total. The van der Waals surface area contributed by atoms with Crippen LogP contribution >= 0.6 is 23.1 Å². The van der Waals surface area contributed by atoms with Crippen LogP contribution < -0.4 is 10.6 Å². The normalized spacial score (nSPS) is 14.8. The molecule has 0 unspecified atom stereocenters. The molecule has 0 spiro atoms. The molecular weight excluding hydrogens is 410 g/mol. The number of carbonyl (C=O) groups is 3. The lowest BCUT2D eigenvalue weighted by Gasteiger charge is -2.21. The van der Waals surface area contributed by atoms with Crippen LogP contribution in [-0.4, -0.2) is 41.9 Å². The molecule has 1 aliphatic carbocycles. The lowest BCUT2D eigenvalue weighted by molar-refractivity contribution is -0.157. The third-order valence-electron chi connectivity index (χ3n) is 4.71. The van der Waals surface area contributed by atoms with Gasteiger partial charge in [0.25, 0.3) is 5.91 Å². The number of ether oxygens (including phenoxy) is 1. The Balaban J connectivity index is 2.08. The van der Waals surface area contributed by atoms with Gasteiger partial charge >= 0.3 is 5.97 Å². The van der Waals surface area contributed by atoms with E-state index >= 15 is 0 Å². The van der Waals surface area contributed by atoms with Gasteiger partial charge < -0.3 is 15.4 Å². The monoisotopic (exact) mass is 437 g/mol. The van der Waals surface area contributed by atoms with Crippen LogP contribution in [0.2, 0.25) is 0 Å². The summed E-state index contributed by atoms with van der Waals surface area (Å²) in [6.45, 7) is 3.09. The third-order valence-corrected chi connectivity index (χ3v) is 6.57. The quantitative estimate of drug-likeness (QED) is 0.575. The zero-order chi connectivity index (χ0) is 21.4. The van der Waals surface area contributed by atoms with Gasteiger partial charge in [0, 0.05) is 11.8 Å². The molecule has 2 atom stereocenters. The molecule has 9 heteroatoms. The number of nitrogens with zero attached hydrogens (tertiary/aromatic N) is 1. The largest absolute Gasteiger partial charge is 0.451 e. The van der Waals surface area contributed by atoms with Crippen LogP contribution in [0.1, 0.15) is 55.5 Å². The molecule has 0 bridgehead atoms. The first-order valence-corrected chi connectivity index (χ1v) is 11.9. The highest BCUT2D eigenvalue weighted by Crippen LogP contribution is 2.37. The van der Waals surface area contributed by atoms with Crippen molar-refractivity contribution in [1.29, 1.82) is 5.26 Å². The van der Waals surface area contributed by atoms with Crippen molar-refractivity contribution in [1.82, 2.24) is 5.32 Å². The van der Waals surface area contributed by atoms with Crippen molar-refractivity contribution in [3.8, 4) is 6.07 Å². The minimum absolute atomic E-state index is 0.292. The number of anilines is 1. The van der Waals surface area contributed by atoms with E-state index in [-0.39, 0.29) is 5.91 Å². The number of nitrogens with one attached hydrogen (secondary N) is 2. The van der Waals surface area contributed by atoms with Crippen LogP contribution in [0.4, 0.5) is 5.00 Å². The van der Waals surface area contributed by atoms with Crippen molar-refractivity contribution >= 4 is 45.9 Å². The second-order valence-electron chi connectivity index (χ2n) is 6.88. The Bertz CT molecular complexity index is 800. The highest BCUT2D eigenvalue weighted by molar-refractivity contribution is 7.98. The lowest BCUT2D eigenvalue weighted by Crippen LogP contribution is -2.44. The molecule has 0 fully saturated rings. The summed E-state index contributed by atoms with van der Waals surface area (Å²) in [7, 11) is 0. The molecule has 0 radical (unpaired) electrons. The Morgan fingerprint density at radius 3 is 2.66 bits per heavy atom. The molecule has 0 aliphatic heterocycles. The molecule has 2 N–H and O–H groups in total. The number of fused-ring (bicyclic) bond motifs is 1. The average molecular weight is 438 g/mol. The smallest absolute Gasteiger partial charge is 0.329 e. The first kappa shape index (κ1) is 23.2. The molecule has 1 aromatic rings. The molecule has 0 saturated heterocycles. The Kier molecular flexibility index (Phi) is 8.99. The predicted molar refractivity (Wildman–Crippen MR) is 115 cm³/mol. The van der Waals surface area contributed by atoms with Crippen LogP contribution in [-0.2, 0) is 32.0 Å². The summed E-state index contributed by atoms with van der Waals surface area (Å²) in [5.41, 5.74) is 1.56. The van der Waals surface area contributed by atoms with E-state index in [1.165, 1.54) is 18.3 Å². The number of rotatable bonds is 9. The first-order valence-electron chi connectivity index (χ1n) is 9.73. The van der Waals surface area contributed by atoms with E-state index in [1.54, 1.807) is 18.7 Å². The van der Waals surface area contributed by atoms with Crippen LogP contribution in [0.15, 0.2) is 0 Å². The van der Waals surface area contributed by atoms with E-state index in [9.17, 15) is 19.6 Å². The van der Waals surface area contributed by atoms with Gasteiger partial charge in [-0.2, -0.15) is 17.0 Å². The van der Waals surface area contributed by atoms with Gasteiger partial charge in [0.15, 0.2) is 6.10 Å². The number of amides is 2. The van der Waals surface area contributed by atoms with Crippen molar-refractivity contribution in [2.45, 2.75) is 64.5 Å². The number of thiophene rings is 1. The maximum atomic E-state index is 12.7. The zero-order valence-electron chi connectivity index (χ0n) is 17.0. The molecule has 1 aliphatic rings. The molecule has 158 valence electrons. The Hall–Kier alpha value is -2.05. The fourth-order valence-corrected chi connectivity index (χ4v) is 4.95. The van der Waals surface area contributed by atoms with Gasteiger partial charge in [0.1, 0.15) is 17.1 Å². The number of esters is 1. The van der Waals surface area contributed by atoms with Crippen molar-refractivity contribution in [3.63, 3.8) is 0 Å². The van der Waals surface area contributed by atoms with Gasteiger partial charge in [-0.1, -0.05) is 6.92 Å². The van der Waals surface area contributed by atoms with E-state index in [1.807, 2.05) is 6.26 Å². The number of nitriles is 1. The fourth-order valence-electron chi connectivity index (χ4n) is 3.24. The summed E-state index contributed by atoms with van der Waals surface area (Å²) in [6, 6.07) is 1.42. The summed E-state index contributed by atoms with van der Waals surface area (Å²) in [5.74, 6) is -0.729. The van der Waals surface area contributed by atoms with Crippen LogP contribution in [0.3, 0.4) is 0 Å². The molecule has 0 aromatic carbocycles. The summed E-state index contributed by atoms with van der Waals surface area (Å²) >= 11 is 2.99. The van der Waals surface area contributed by atoms with E-state index in [2.05, 4.69) is 16.7 Å². The lowest BCUT2D eigenvalue weighted by atomic mass is 9.96. The van der Waals surface area contributed by atoms with E-state index in [0.29, 0.717) is 29.2 Å². The highest BCUT2D eigenvalue weighted by Gasteiger charge is 2.29. The molecule has 0 saturated carbocycles. The molecular formula is C20H27N3O4S2. The van der Waals surface area contributed by atoms with Crippen molar-refractivity contribution < 1.29 is 19.1 Å². The minimum Gasteiger partial charge on any atom is -0.451 e. The molecule has 2 amide bonds. The third kappa shape index (κ3) is 6.21. The van der Waals surface area contributed by atoms with E-state index < -0.39 is 24.0 Å². The highest BCUT2D eigenvalue weighted by atomic mass is 32.2. The number of carbonyl (C=O) groups excluding carboxylic acids is 3. The number of aryl methyl sites for hydroxylation is 1. The van der Waals surface area contributed by atoms with Crippen LogP contribution in [0, 0.1) is 11.3 Å². The Morgan fingerprint density at radius 2 is 2.03 bits per heavy atom. The van der Waals surface area contributed by atoms with E-state index in [4.69, 9.17) is 4.74 Å². The summed E-state index contributed by atoms with van der Waals surface area (Å²) < 4.78 is 5.42. The first-order chi connectivity index (χ1) is 13.9. The van der Waals surface area contributed by atoms with Gasteiger partial charge in [0.05, 0.1) is 5.56 Å². The SMILES string of the molecule is CC[C@H](OC(=O)[C@H](CCSC)NC(C)=O)C(=O)Nc1sc2c(c1C#N)CCCC2. The average Bonchev–Trinajstić information content (AvgIpc) is 3.05. The Labute approximate surface area is 179 Å². The maximum absolute atomic E-state index is 12.7. The van der Waals surface area contributed by atoms with Crippen LogP contribution in [0.5, 0.6) is 0 Å². The summed E-state index contributed by atoms with van der Waals surface area (Å²) in [5, 5.41) is 15.4. The minimum atomic E-state index is -0.987. The number of hydrogen-bond acceptors (Lipinski definition) is 7.